The largest absolute Gasteiger partial charge is 0.444 e. The van der Waals surface area contributed by atoms with Gasteiger partial charge < -0.3 is 9.64 Å². The monoisotopic (exact) mass is 345 g/mol. The van der Waals surface area contributed by atoms with Gasteiger partial charge in [-0.3, -0.25) is 9.88 Å². The Morgan fingerprint density at radius 1 is 1.21 bits per heavy atom. The van der Waals surface area contributed by atoms with Crippen LogP contribution in [0.15, 0.2) is 18.3 Å². The second-order valence-corrected chi connectivity index (χ2v) is 6.75. The quantitative estimate of drug-likeness (QED) is 0.826. The molecule has 0 aromatic carbocycles. The number of pyridine rings is 1. The summed E-state index contributed by atoms with van der Waals surface area (Å²) in [6.07, 6.45) is -3.71. The molecule has 0 bridgehead atoms. The maximum Gasteiger partial charge on any atom is 0.433 e. The highest BCUT2D eigenvalue weighted by atomic mass is 19.4. The van der Waals surface area contributed by atoms with Gasteiger partial charge in [-0.25, -0.2) is 4.79 Å². The van der Waals surface area contributed by atoms with Gasteiger partial charge in [-0.2, -0.15) is 13.2 Å². The summed E-state index contributed by atoms with van der Waals surface area (Å²) in [5.41, 5.74) is -1.26. The first-order chi connectivity index (χ1) is 11.1. The average molecular weight is 345 g/mol. The van der Waals surface area contributed by atoms with E-state index in [0.29, 0.717) is 26.2 Å². The van der Waals surface area contributed by atoms with Gasteiger partial charge in [0.1, 0.15) is 11.3 Å². The normalized spacial score (nSPS) is 17.0. The minimum absolute atomic E-state index is 0.149. The molecule has 134 valence electrons. The van der Waals surface area contributed by atoms with Crippen molar-refractivity contribution in [1.82, 2.24) is 14.8 Å². The third kappa shape index (κ3) is 5.09. The summed E-state index contributed by atoms with van der Waals surface area (Å²) in [6.45, 7) is 7.38. The van der Waals surface area contributed by atoms with Crippen LogP contribution in [-0.4, -0.2) is 52.7 Å². The van der Waals surface area contributed by atoms with Crippen molar-refractivity contribution < 1.29 is 22.7 Å². The fourth-order valence-electron chi connectivity index (χ4n) is 2.48. The summed E-state index contributed by atoms with van der Waals surface area (Å²) in [6, 6.07) is 2.94. The Bertz CT molecular complexity index is 577. The Morgan fingerprint density at radius 2 is 1.83 bits per heavy atom. The van der Waals surface area contributed by atoms with Gasteiger partial charge in [0.05, 0.1) is 0 Å². The first kappa shape index (κ1) is 18.5. The molecule has 24 heavy (non-hydrogen) atoms. The van der Waals surface area contributed by atoms with Crippen molar-refractivity contribution in [3.05, 3.63) is 29.6 Å². The lowest BCUT2D eigenvalue weighted by Crippen LogP contribution is -2.49. The number of aromatic nitrogens is 1. The summed E-state index contributed by atoms with van der Waals surface area (Å²) in [4.78, 5) is 18.9. The number of hydrogen-bond acceptors (Lipinski definition) is 4. The van der Waals surface area contributed by atoms with E-state index in [2.05, 4.69) is 4.98 Å². The summed E-state index contributed by atoms with van der Waals surface area (Å²) in [5, 5.41) is 0. The number of piperazine rings is 1. The number of hydrogen-bond donors (Lipinski definition) is 0. The molecule has 0 atom stereocenters. The van der Waals surface area contributed by atoms with E-state index in [1.807, 2.05) is 4.90 Å². The maximum atomic E-state index is 13.0. The van der Waals surface area contributed by atoms with Gasteiger partial charge in [-0.1, -0.05) is 6.07 Å². The molecule has 0 unspecified atom stereocenters. The van der Waals surface area contributed by atoms with Crippen LogP contribution in [0.2, 0.25) is 0 Å². The van der Waals surface area contributed by atoms with Crippen LogP contribution in [0, 0.1) is 0 Å². The zero-order valence-electron chi connectivity index (χ0n) is 14.1. The van der Waals surface area contributed by atoms with Gasteiger partial charge in [0, 0.05) is 38.9 Å². The lowest BCUT2D eigenvalue weighted by molar-refractivity contribution is -0.142. The van der Waals surface area contributed by atoms with E-state index in [0.717, 1.165) is 6.20 Å². The van der Waals surface area contributed by atoms with Gasteiger partial charge in [-0.15, -0.1) is 0 Å². The minimum atomic E-state index is -4.46. The second-order valence-electron chi connectivity index (χ2n) is 6.75. The number of carbonyl (C=O) groups is 1. The topological polar surface area (TPSA) is 45.7 Å². The molecule has 5 nitrogen and oxygen atoms in total. The number of alkyl halides is 3. The van der Waals surface area contributed by atoms with E-state index in [9.17, 15) is 18.0 Å². The molecule has 1 aromatic rings. The Hall–Kier alpha value is -1.83. The molecule has 1 aliphatic heterocycles. The zero-order chi connectivity index (χ0) is 18.0. The van der Waals surface area contributed by atoms with Gasteiger partial charge in [0.2, 0.25) is 0 Å². The fourth-order valence-corrected chi connectivity index (χ4v) is 2.48. The predicted molar refractivity (Wildman–Crippen MR) is 82.3 cm³/mol. The van der Waals surface area contributed by atoms with Crippen LogP contribution in [0.25, 0.3) is 0 Å². The van der Waals surface area contributed by atoms with Crippen LogP contribution in [0.3, 0.4) is 0 Å². The summed E-state index contributed by atoms with van der Waals surface area (Å²) in [5.74, 6) is 0. The zero-order valence-corrected chi connectivity index (χ0v) is 14.1. The van der Waals surface area contributed by atoms with Crippen molar-refractivity contribution in [1.29, 1.82) is 0 Å². The van der Waals surface area contributed by atoms with E-state index in [-0.39, 0.29) is 18.2 Å². The van der Waals surface area contributed by atoms with Crippen LogP contribution in [0.5, 0.6) is 0 Å². The number of rotatable bonds is 2. The van der Waals surface area contributed by atoms with E-state index in [1.54, 1.807) is 25.7 Å². The molecule has 0 radical (unpaired) electrons. The highest BCUT2D eigenvalue weighted by Gasteiger charge is 2.35. The first-order valence-electron chi connectivity index (χ1n) is 7.77. The molecule has 0 saturated carbocycles. The van der Waals surface area contributed by atoms with Gasteiger partial charge >= 0.3 is 12.3 Å². The lowest BCUT2D eigenvalue weighted by atomic mass is 10.1. The van der Waals surface area contributed by atoms with E-state index >= 15 is 0 Å². The van der Waals surface area contributed by atoms with Crippen molar-refractivity contribution in [2.45, 2.75) is 39.1 Å². The van der Waals surface area contributed by atoms with Crippen molar-refractivity contribution >= 4 is 6.09 Å². The first-order valence-corrected chi connectivity index (χ1v) is 7.77. The van der Waals surface area contributed by atoms with Crippen molar-refractivity contribution in [2.24, 2.45) is 0 Å². The molecule has 2 rings (SSSR count). The fraction of sp³-hybridized carbons (Fsp3) is 0.625. The van der Waals surface area contributed by atoms with Crippen LogP contribution < -0.4 is 0 Å². The molecular formula is C16H22F3N3O2. The van der Waals surface area contributed by atoms with Crippen molar-refractivity contribution in [2.75, 3.05) is 26.2 Å². The Balaban J connectivity index is 1.94. The van der Waals surface area contributed by atoms with Crippen molar-refractivity contribution in [3.63, 3.8) is 0 Å². The van der Waals surface area contributed by atoms with E-state index in [4.69, 9.17) is 4.74 Å². The second kappa shape index (κ2) is 6.96. The van der Waals surface area contributed by atoms with Gasteiger partial charge in [0.25, 0.3) is 0 Å². The van der Waals surface area contributed by atoms with Crippen LogP contribution in [0.4, 0.5) is 18.0 Å². The lowest BCUT2D eigenvalue weighted by Gasteiger charge is -2.35. The molecule has 2 heterocycles. The number of halogens is 3. The molecule has 1 aliphatic rings. The van der Waals surface area contributed by atoms with E-state index < -0.39 is 17.5 Å². The van der Waals surface area contributed by atoms with Crippen LogP contribution in [0.1, 0.15) is 32.0 Å². The standard InChI is InChI=1S/C16H22F3N3O2/c1-15(2,3)24-14(23)22-9-7-21(8-10-22)11-12-5-4-6-20-13(12)16(17,18)19/h4-6H,7-11H2,1-3H3. The Labute approximate surface area is 139 Å². The highest BCUT2D eigenvalue weighted by Crippen LogP contribution is 2.30. The molecule has 0 spiro atoms. The molecule has 1 aromatic heterocycles. The van der Waals surface area contributed by atoms with Crippen LogP contribution in [-0.2, 0) is 17.5 Å². The van der Waals surface area contributed by atoms with Gasteiger partial charge in [0.15, 0.2) is 0 Å². The minimum Gasteiger partial charge on any atom is -0.444 e. The SMILES string of the molecule is CC(C)(C)OC(=O)N1CCN(Cc2cccnc2C(F)(F)F)CC1. The van der Waals surface area contributed by atoms with Crippen LogP contribution >= 0.6 is 0 Å². The molecule has 1 saturated heterocycles. The average Bonchev–Trinajstić information content (AvgIpc) is 2.45. The molecule has 1 amide bonds. The molecule has 8 heteroatoms. The Morgan fingerprint density at radius 3 is 2.38 bits per heavy atom. The molecule has 1 fully saturated rings. The maximum absolute atomic E-state index is 13.0. The summed E-state index contributed by atoms with van der Waals surface area (Å²) in [7, 11) is 0. The highest BCUT2D eigenvalue weighted by molar-refractivity contribution is 5.68. The third-order valence-electron chi connectivity index (χ3n) is 3.58. The summed E-state index contributed by atoms with van der Waals surface area (Å²) < 4.78 is 44.2. The molecular weight excluding hydrogens is 323 g/mol. The number of nitrogens with zero attached hydrogens (tertiary/aromatic N) is 3. The van der Waals surface area contributed by atoms with E-state index in [1.165, 1.54) is 12.1 Å². The predicted octanol–water partition coefficient (Wildman–Crippen LogP) is 3.15. The third-order valence-corrected chi connectivity index (χ3v) is 3.58. The molecule has 0 aliphatic carbocycles. The summed E-state index contributed by atoms with van der Waals surface area (Å²) >= 11 is 0. The Kier molecular flexibility index (Phi) is 5.37. The number of carbonyl (C=O) groups excluding carboxylic acids is 1. The molecule has 0 N–H and O–H groups in total. The van der Waals surface area contributed by atoms with Crippen molar-refractivity contribution in [3.8, 4) is 0 Å². The number of ether oxygens (including phenoxy) is 1. The smallest absolute Gasteiger partial charge is 0.433 e. The van der Waals surface area contributed by atoms with Gasteiger partial charge in [-0.05, 0) is 32.4 Å². The number of amides is 1.